The fourth-order valence-electron chi connectivity index (χ4n) is 6.66. The summed E-state index contributed by atoms with van der Waals surface area (Å²) in [6.07, 6.45) is 1.74. The van der Waals surface area contributed by atoms with Gasteiger partial charge in [-0.3, -0.25) is 14.4 Å². The van der Waals surface area contributed by atoms with Crippen LogP contribution in [-0.2, 0) is 27.2 Å². The molecule has 0 aliphatic heterocycles. The summed E-state index contributed by atoms with van der Waals surface area (Å²) in [6, 6.07) is 27.4. The van der Waals surface area contributed by atoms with Crippen LogP contribution in [0, 0.1) is 23.7 Å². The van der Waals surface area contributed by atoms with Crippen LogP contribution in [0.2, 0.25) is 0 Å². The zero-order chi connectivity index (χ0) is 36.2. The number of benzene rings is 4. The first-order chi connectivity index (χ1) is 23.9. The molecular weight excluding hydrogens is 622 g/mol. The normalized spacial score (nSPS) is 14.1. The summed E-state index contributed by atoms with van der Waals surface area (Å²) in [6.45, 7) is 12.8. The van der Waals surface area contributed by atoms with Crippen LogP contribution in [0.1, 0.15) is 78.4 Å². The Balaban J connectivity index is 1.58. The van der Waals surface area contributed by atoms with Crippen molar-refractivity contribution in [2.75, 3.05) is 6.54 Å². The Morgan fingerprint density at radius 2 is 1.18 bits per heavy atom. The second-order valence-electron chi connectivity index (χ2n) is 14.9. The minimum absolute atomic E-state index is 0.104. The second-order valence-corrected chi connectivity index (χ2v) is 14.9. The number of carbonyl (C=O) groups excluding carboxylic acids is 3. The van der Waals surface area contributed by atoms with E-state index in [0.717, 1.165) is 39.1 Å². The van der Waals surface area contributed by atoms with Crippen molar-refractivity contribution < 1.29 is 19.5 Å². The van der Waals surface area contributed by atoms with Gasteiger partial charge in [-0.05, 0) is 76.1 Å². The molecule has 0 bridgehead atoms. The number of aliphatic hydroxyl groups is 1. The summed E-state index contributed by atoms with van der Waals surface area (Å²) in [5.41, 5.74) is 2.17. The van der Waals surface area contributed by atoms with E-state index in [1.165, 1.54) is 0 Å². The Hall–Kier alpha value is -4.23. The largest absolute Gasteiger partial charge is 0.390 e. The van der Waals surface area contributed by atoms with E-state index in [-0.39, 0.29) is 36.0 Å². The van der Waals surface area contributed by atoms with E-state index in [9.17, 15) is 19.5 Å². The standard InChI is InChI=1S/C43H57N3O4/c1-7-30(6)27-44-41(48)26-40(47)38(22-28(2)3)45-43(50)39(23-29(4)5)46-42(49)35(24-33-18-12-16-31-14-8-10-20-36(31)33)25-34-19-13-17-32-15-9-11-21-37(32)34/h8-21,28-30,35,38-40,47H,7,22-27H2,1-6H3,(H,44,48)(H,45,50)(H,46,49)/t30?,38-,39-,40-/m0/s1. The summed E-state index contributed by atoms with van der Waals surface area (Å²) < 4.78 is 0. The summed E-state index contributed by atoms with van der Waals surface area (Å²) >= 11 is 0. The van der Waals surface area contributed by atoms with Gasteiger partial charge in [-0.2, -0.15) is 0 Å². The van der Waals surface area contributed by atoms with Crippen molar-refractivity contribution in [3.8, 4) is 0 Å². The van der Waals surface area contributed by atoms with Crippen LogP contribution in [0.3, 0.4) is 0 Å². The van der Waals surface area contributed by atoms with Crippen LogP contribution in [0.5, 0.6) is 0 Å². The summed E-state index contributed by atoms with van der Waals surface area (Å²) in [5.74, 6) is -0.573. The third-order valence-corrected chi connectivity index (χ3v) is 9.66. The first-order valence-electron chi connectivity index (χ1n) is 18.4. The monoisotopic (exact) mass is 679 g/mol. The first kappa shape index (κ1) is 38.6. The SMILES string of the molecule is CCC(C)CNC(=O)C[C@H](O)[C@H](CC(C)C)NC(=O)[C@H](CC(C)C)NC(=O)C(Cc1cccc2ccccc12)Cc1cccc2ccccc12. The lowest BCUT2D eigenvalue weighted by molar-refractivity contribution is -0.132. The molecule has 0 aliphatic rings. The van der Waals surface area contributed by atoms with Crippen LogP contribution in [0.15, 0.2) is 84.9 Å². The maximum atomic E-state index is 14.4. The topological polar surface area (TPSA) is 108 Å². The third kappa shape index (κ3) is 11.1. The molecule has 50 heavy (non-hydrogen) atoms. The Bertz CT molecular complexity index is 1630. The maximum Gasteiger partial charge on any atom is 0.242 e. The molecule has 268 valence electrons. The molecule has 4 aromatic carbocycles. The molecular formula is C43H57N3O4. The Morgan fingerprint density at radius 3 is 1.70 bits per heavy atom. The van der Waals surface area contributed by atoms with Gasteiger partial charge in [0.1, 0.15) is 6.04 Å². The van der Waals surface area contributed by atoms with Crippen LogP contribution in [0.4, 0.5) is 0 Å². The molecule has 4 rings (SSSR count). The second kappa shape index (κ2) is 18.7. The summed E-state index contributed by atoms with van der Waals surface area (Å²) in [5, 5.41) is 24.7. The van der Waals surface area contributed by atoms with Crippen LogP contribution >= 0.6 is 0 Å². The number of hydrogen-bond donors (Lipinski definition) is 4. The minimum Gasteiger partial charge on any atom is -0.390 e. The molecule has 3 amide bonds. The zero-order valence-corrected chi connectivity index (χ0v) is 30.7. The number of aliphatic hydroxyl groups excluding tert-OH is 1. The van der Waals surface area contributed by atoms with Crippen molar-refractivity contribution in [3.63, 3.8) is 0 Å². The van der Waals surface area contributed by atoms with Crippen molar-refractivity contribution in [3.05, 3.63) is 96.1 Å². The van der Waals surface area contributed by atoms with Gasteiger partial charge >= 0.3 is 0 Å². The third-order valence-electron chi connectivity index (χ3n) is 9.66. The molecule has 4 aromatic rings. The minimum atomic E-state index is -1.06. The predicted molar refractivity (Wildman–Crippen MR) is 205 cm³/mol. The molecule has 7 heteroatoms. The van der Waals surface area contributed by atoms with Crippen molar-refractivity contribution in [1.29, 1.82) is 0 Å². The molecule has 0 radical (unpaired) electrons. The lowest BCUT2D eigenvalue weighted by Crippen LogP contribution is -2.54. The van der Waals surface area contributed by atoms with E-state index in [0.29, 0.717) is 38.1 Å². The summed E-state index contributed by atoms with van der Waals surface area (Å²) in [4.78, 5) is 41.1. The molecule has 1 unspecified atom stereocenters. The quantitative estimate of drug-likeness (QED) is 0.0881. The highest BCUT2D eigenvalue weighted by Gasteiger charge is 2.31. The van der Waals surface area contributed by atoms with E-state index in [1.807, 2.05) is 64.1 Å². The van der Waals surface area contributed by atoms with Gasteiger partial charge in [-0.25, -0.2) is 0 Å². The van der Waals surface area contributed by atoms with Crippen molar-refractivity contribution in [2.45, 2.75) is 98.3 Å². The number of amides is 3. The molecule has 7 nitrogen and oxygen atoms in total. The molecule has 4 N–H and O–H groups in total. The molecule has 0 heterocycles. The molecule has 0 saturated heterocycles. The average Bonchev–Trinajstić information content (AvgIpc) is 3.09. The van der Waals surface area contributed by atoms with Gasteiger partial charge in [0.15, 0.2) is 0 Å². The van der Waals surface area contributed by atoms with Gasteiger partial charge in [0.2, 0.25) is 17.7 Å². The Kier molecular flexibility index (Phi) is 14.4. The number of rotatable bonds is 18. The van der Waals surface area contributed by atoms with Gasteiger partial charge in [0, 0.05) is 12.5 Å². The molecule has 0 fully saturated rings. The van der Waals surface area contributed by atoms with Crippen LogP contribution < -0.4 is 16.0 Å². The van der Waals surface area contributed by atoms with E-state index in [4.69, 9.17) is 0 Å². The van der Waals surface area contributed by atoms with E-state index in [1.54, 1.807) is 0 Å². The predicted octanol–water partition coefficient (Wildman–Crippen LogP) is 7.37. The van der Waals surface area contributed by atoms with Crippen molar-refractivity contribution >= 4 is 39.3 Å². The highest BCUT2D eigenvalue weighted by molar-refractivity contribution is 5.91. The van der Waals surface area contributed by atoms with E-state index < -0.39 is 24.1 Å². The summed E-state index contributed by atoms with van der Waals surface area (Å²) in [7, 11) is 0. The smallest absolute Gasteiger partial charge is 0.242 e. The fourth-order valence-corrected chi connectivity index (χ4v) is 6.66. The van der Waals surface area contributed by atoms with Crippen LogP contribution in [-0.4, -0.2) is 47.6 Å². The average molecular weight is 680 g/mol. The van der Waals surface area contributed by atoms with E-state index in [2.05, 4.69) is 78.3 Å². The Labute approximate surface area is 298 Å². The maximum absolute atomic E-state index is 14.4. The highest BCUT2D eigenvalue weighted by atomic mass is 16.3. The molecule has 0 aliphatic carbocycles. The van der Waals surface area contributed by atoms with Gasteiger partial charge in [-0.1, -0.05) is 133 Å². The number of fused-ring (bicyclic) bond motifs is 2. The van der Waals surface area contributed by atoms with Gasteiger partial charge in [0.25, 0.3) is 0 Å². The van der Waals surface area contributed by atoms with Gasteiger partial charge in [0.05, 0.1) is 18.6 Å². The lowest BCUT2D eigenvalue weighted by atomic mass is 9.87. The number of nitrogens with one attached hydrogen (secondary N) is 3. The van der Waals surface area contributed by atoms with Gasteiger partial charge < -0.3 is 21.1 Å². The molecule has 4 atom stereocenters. The van der Waals surface area contributed by atoms with E-state index >= 15 is 0 Å². The molecule has 0 aromatic heterocycles. The first-order valence-corrected chi connectivity index (χ1v) is 18.4. The molecule has 0 saturated carbocycles. The molecule has 0 spiro atoms. The number of hydrogen-bond acceptors (Lipinski definition) is 4. The lowest BCUT2D eigenvalue weighted by Gasteiger charge is -2.29. The zero-order valence-electron chi connectivity index (χ0n) is 30.7. The Morgan fingerprint density at radius 1 is 0.660 bits per heavy atom. The fraction of sp³-hybridized carbons (Fsp3) is 0.465. The van der Waals surface area contributed by atoms with Crippen molar-refractivity contribution in [2.24, 2.45) is 23.7 Å². The highest BCUT2D eigenvalue weighted by Crippen LogP contribution is 2.27. The van der Waals surface area contributed by atoms with Gasteiger partial charge in [-0.15, -0.1) is 0 Å². The van der Waals surface area contributed by atoms with Crippen LogP contribution in [0.25, 0.3) is 21.5 Å². The number of carbonyl (C=O) groups is 3. The van der Waals surface area contributed by atoms with Crippen molar-refractivity contribution in [1.82, 2.24) is 16.0 Å².